The zero-order chi connectivity index (χ0) is 15.7. The van der Waals surface area contributed by atoms with E-state index in [1.54, 1.807) is 12.1 Å². The summed E-state index contributed by atoms with van der Waals surface area (Å²) in [6, 6.07) is 8.09. The van der Waals surface area contributed by atoms with Gasteiger partial charge < -0.3 is 10.6 Å². The molecule has 1 saturated carbocycles. The Morgan fingerprint density at radius 1 is 1.24 bits per heavy atom. The van der Waals surface area contributed by atoms with Gasteiger partial charge in [-0.3, -0.25) is 4.79 Å². The maximum absolute atomic E-state index is 12.1. The van der Waals surface area contributed by atoms with Crippen LogP contribution >= 0.6 is 0 Å². The lowest BCUT2D eigenvalue weighted by atomic mass is 10.1. The van der Waals surface area contributed by atoms with E-state index in [9.17, 15) is 13.2 Å². The highest BCUT2D eigenvalue weighted by Crippen LogP contribution is 2.21. The molecule has 116 valence electrons. The minimum atomic E-state index is -3.46. The molecule has 1 amide bonds. The number of anilines is 1. The molecule has 0 bridgehead atoms. The lowest BCUT2D eigenvalue weighted by Crippen LogP contribution is -2.43. The molecule has 1 fully saturated rings. The maximum Gasteiger partial charge on any atom is 0.245 e. The predicted octanol–water partition coefficient (Wildman–Crippen LogP) is 1.70. The summed E-state index contributed by atoms with van der Waals surface area (Å²) in [5, 5.41) is 6.07. The van der Waals surface area contributed by atoms with Crippen LogP contribution < -0.4 is 10.6 Å². The largest absolute Gasteiger partial charge is 0.325 e. The molecule has 1 aromatic carbocycles. The first-order chi connectivity index (χ1) is 9.70. The number of rotatable bonds is 6. The Balaban J connectivity index is 1.97. The highest BCUT2D eigenvalue weighted by molar-refractivity contribution is 7.92. The number of nitrogens with one attached hydrogen (secondary N) is 2. The fourth-order valence-electron chi connectivity index (χ4n) is 1.71. The second kappa shape index (κ2) is 5.77. The lowest BCUT2D eigenvalue weighted by Gasteiger charge is -2.21. The van der Waals surface area contributed by atoms with E-state index in [0.29, 0.717) is 11.7 Å². The van der Waals surface area contributed by atoms with Gasteiger partial charge >= 0.3 is 0 Å². The van der Waals surface area contributed by atoms with Crippen molar-refractivity contribution in [1.82, 2.24) is 5.32 Å². The average molecular weight is 310 g/mol. The lowest BCUT2D eigenvalue weighted by molar-refractivity contribution is -0.117. The van der Waals surface area contributed by atoms with Gasteiger partial charge in [-0.25, -0.2) is 8.42 Å². The SMILES string of the molecule is CC(C)(C(=O)Nc1ccc(CNC2CC2)cc1)S(C)(=O)=O. The smallest absolute Gasteiger partial charge is 0.245 e. The van der Waals surface area contributed by atoms with Gasteiger partial charge in [0, 0.05) is 24.5 Å². The minimum absolute atomic E-state index is 0.520. The van der Waals surface area contributed by atoms with Crippen molar-refractivity contribution in [2.45, 2.75) is 44.0 Å². The third-order valence-corrected chi connectivity index (χ3v) is 5.90. The number of hydrogen-bond donors (Lipinski definition) is 2. The van der Waals surface area contributed by atoms with E-state index in [4.69, 9.17) is 0 Å². The summed E-state index contributed by atoms with van der Waals surface area (Å²) in [5.41, 5.74) is 1.74. The summed E-state index contributed by atoms with van der Waals surface area (Å²) in [6.07, 6.45) is 3.56. The van der Waals surface area contributed by atoms with E-state index >= 15 is 0 Å². The molecular formula is C15H22N2O3S. The monoisotopic (exact) mass is 310 g/mol. The molecule has 1 aliphatic rings. The molecule has 21 heavy (non-hydrogen) atoms. The number of carbonyl (C=O) groups is 1. The van der Waals surface area contributed by atoms with E-state index in [1.807, 2.05) is 12.1 Å². The van der Waals surface area contributed by atoms with Crippen molar-refractivity contribution in [3.05, 3.63) is 29.8 Å². The van der Waals surface area contributed by atoms with Crippen LogP contribution in [0.15, 0.2) is 24.3 Å². The van der Waals surface area contributed by atoms with E-state index < -0.39 is 20.5 Å². The van der Waals surface area contributed by atoms with Crippen LogP contribution in [-0.2, 0) is 21.2 Å². The van der Waals surface area contributed by atoms with Crippen molar-refractivity contribution < 1.29 is 13.2 Å². The van der Waals surface area contributed by atoms with Gasteiger partial charge in [0.2, 0.25) is 5.91 Å². The Morgan fingerprint density at radius 2 is 1.81 bits per heavy atom. The van der Waals surface area contributed by atoms with Gasteiger partial charge in [-0.2, -0.15) is 0 Å². The van der Waals surface area contributed by atoms with Crippen LogP contribution in [0.3, 0.4) is 0 Å². The maximum atomic E-state index is 12.1. The Kier molecular flexibility index (Phi) is 4.39. The van der Waals surface area contributed by atoms with Gasteiger partial charge in [0.25, 0.3) is 0 Å². The molecule has 6 heteroatoms. The third kappa shape index (κ3) is 4.04. The second-order valence-corrected chi connectivity index (χ2v) is 8.65. The zero-order valence-electron chi connectivity index (χ0n) is 12.6. The molecule has 1 aliphatic carbocycles. The topological polar surface area (TPSA) is 75.3 Å². The first-order valence-corrected chi connectivity index (χ1v) is 8.92. The van der Waals surface area contributed by atoms with Gasteiger partial charge in [0.15, 0.2) is 9.84 Å². The van der Waals surface area contributed by atoms with Crippen LogP contribution in [0.5, 0.6) is 0 Å². The summed E-state index contributed by atoms with van der Waals surface area (Å²) in [4.78, 5) is 12.1. The summed E-state index contributed by atoms with van der Waals surface area (Å²) in [5.74, 6) is -0.520. The molecule has 0 spiro atoms. The van der Waals surface area contributed by atoms with E-state index in [1.165, 1.54) is 26.7 Å². The normalized spacial score (nSPS) is 15.8. The Hall–Kier alpha value is -1.40. The van der Waals surface area contributed by atoms with Crippen LogP contribution in [0, 0.1) is 0 Å². The van der Waals surface area contributed by atoms with Crippen LogP contribution in [0.2, 0.25) is 0 Å². The van der Waals surface area contributed by atoms with Crippen molar-refractivity contribution in [2.24, 2.45) is 0 Å². The van der Waals surface area contributed by atoms with E-state index in [2.05, 4.69) is 10.6 Å². The van der Waals surface area contributed by atoms with Gasteiger partial charge in [0.1, 0.15) is 4.75 Å². The minimum Gasteiger partial charge on any atom is -0.325 e. The summed E-state index contributed by atoms with van der Waals surface area (Å²) < 4.78 is 21.8. The summed E-state index contributed by atoms with van der Waals surface area (Å²) >= 11 is 0. The van der Waals surface area contributed by atoms with Crippen molar-refractivity contribution in [3.63, 3.8) is 0 Å². The molecule has 5 nitrogen and oxygen atoms in total. The fourth-order valence-corrected chi connectivity index (χ4v) is 2.09. The molecule has 0 heterocycles. The van der Waals surface area contributed by atoms with E-state index in [0.717, 1.165) is 18.4 Å². The second-order valence-electron chi connectivity index (χ2n) is 6.09. The summed E-state index contributed by atoms with van der Waals surface area (Å²) in [7, 11) is -3.46. The molecule has 0 radical (unpaired) electrons. The Labute approximate surface area is 126 Å². The molecular weight excluding hydrogens is 288 g/mol. The number of amides is 1. The van der Waals surface area contributed by atoms with Crippen LogP contribution in [0.25, 0.3) is 0 Å². The van der Waals surface area contributed by atoms with Crippen molar-refractivity contribution >= 4 is 21.4 Å². The van der Waals surface area contributed by atoms with Crippen molar-refractivity contribution in [2.75, 3.05) is 11.6 Å². The Bertz CT molecular complexity index is 617. The molecule has 2 N–H and O–H groups in total. The zero-order valence-corrected chi connectivity index (χ0v) is 13.5. The molecule has 0 atom stereocenters. The summed E-state index contributed by atoms with van der Waals surface area (Å²) in [6.45, 7) is 3.63. The average Bonchev–Trinajstić information content (AvgIpc) is 3.20. The molecule has 0 unspecified atom stereocenters. The third-order valence-electron chi connectivity index (χ3n) is 3.86. The fraction of sp³-hybridized carbons (Fsp3) is 0.533. The Morgan fingerprint density at radius 3 is 2.29 bits per heavy atom. The quantitative estimate of drug-likeness (QED) is 0.838. The molecule has 2 rings (SSSR count). The molecule has 0 saturated heterocycles. The van der Waals surface area contributed by atoms with Gasteiger partial charge in [0.05, 0.1) is 0 Å². The standard InChI is InChI=1S/C15H22N2O3S/c1-15(2,21(3,19)20)14(18)17-13-6-4-11(5-7-13)10-16-12-8-9-12/h4-7,12,16H,8-10H2,1-3H3,(H,17,18). The number of hydrogen-bond acceptors (Lipinski definition) is 4. The molecule has 1 aromatic rings. The predicted molar refractivity (Wildman–Crippen MR) is 83.9 cm³/mol. The van der Waals surface area contributed by atoms with Crippen LogP contribution in [0.1, 0.15) is 32.3 Å². The van der Waals surface area contributed by atoms with E-state index in [-0.39, 0.29) is 0 Å². The van der Waals surface area contributed by atoms with Gasteiger partial charge in [-0.05, 0) is 44.4 Å². The van der Waals surface area contributed by atoms with Gasteiger partial charge in [-0.15, -0.1) is 0 Å². The highest BCUT2D eigenvalue weighted by atomic mass is 32.2. The molecule has 0 aliphatic heterocycles. The van der Waals surface area contributed by atoms with Gasteiger partial charge in [-0.1, -0.05) is 12.1 Å². The number of benzene rings is 1. The highest BCUT2D eigenvalue weighted by Gasteiger charge is 2.38. The number of sulfone groups is 1. The van der Waals surface area contributed by atoms with Crippen molar-refractivity contribution in [1.29, 1.82) is 0 Å². The van der Waals surface area contributed by atoms with Crippen LogP contribution in [0.4, 0.5) is 5.69 Å². The molecule has 0 aromatic heterocycles. The van der Waals surface area contributed by atoms with Crippen LogP contribution in [-0.4, -0.2) is 31.4 Å². The first kappa shape index (κ1) is 16.0. The van der Waals surface area contributed by atoms with Crippen molar-refractivity contribution in [3.8, 4) is 0 Å². The first-order valence-electron chi connectivity index (χ1n) is 7.03. The number of carbonyl (C=O) groups excluding carboxylic acids is 1.